The van der Waals surface area contributed by atoms with Gasteiger partial charge in [-0.1, -0.05) is 6.07 Å². The van der Waals surface area contributed by atoms with Crippen molar-refractivity contribution in [3.8, 4) is 0 Å². The Bertz CT molecular complexity index is 927. The normalized spacial score (nSPS) is 17.0. The molecule has 3 rings (SSSR count). The van der Waals surface area contributed by atoms with Gasteiger partial charge in [0.1, 0.15) is 0 Å². The van der Waals surface area contributed by atoms with Crippen molar-refractivity contribution in [3.05, 3.63) is 48.3 Å². The van der Waals surface area contributed by atoms with E-state index >= 15 is 0 Å². The average Bonchev–Trinajstić information content (AvgIpc) is 2.68. The minimum atomic E-state index is -5.28. The number of alkyl halides is 5. The molecule has 152 valence electrons. The highest BCUT2D eigenvalue weighted by molar-refractivity contribution is 7.92. The molecule has 1 aromatic heterocycles. The zero-order chi connectivity index (χ0) is 20.6. The van der Waals surface area contributed by atoms with E-state index in [2.05, 4.69) is 10.2 Å². The average molecular weight is 421 g/mol. The summed E-state index contributed by atoms with van der Waals surface area (Å²) in [6.07, 6.45) is -2.17. The van der Waals surface area contributed by atoms with Crippen LogP contribution in [0.15, 0.2) is 47.6 Å². The fraction of sp³-hybridized carbons (Fsp3) is 0.412. The van der Waals surface area contributed by atoms with Crippen molar-refractivity contribution < 1.29 is 30.4 Å². The molecule has 1 aliphatic rings. The Labute approximate surface area is 158 Å². The zero-order valence-electron chi connectivity index (χ0n) is 14.4. The van der Waals surface area contributed by atoms with Crippen LogP contribution >= 0.6 is 0 Å². The molecule has 5 nitrogen and oxygen atoms in total. The van der Waals surface area contributed by atoms with Gasteiger partial charge in [-0.25, -0.2) is 8.42 Å². The van der Waals surface area contributed by atoms with Gasteiger partial charge in [0.05, 0.1) is 28.5 Å². The van der Waals surface area contributed by atoms with Crippen LogP contribution in [0.4, 0.5) is 27.6 Å². The van der Waals surface area contributed by atoms with E-state index in [0.29, 0.717) is 11.8 Å². The number of nitrogens with zero attached hydrogens (tertiary/aromatic N) is 3. The molecule has 0 N–H and O–H groups in total. The van der Waals surface area contributed by atoms with E-state index < -0.39 is 37.6 Å². The summed E-state index contributed by atoms with van der Waals surface area (Å²) in [5, 5.41) is 3.15. The van der Waals surface area contributed by atoms with E-state index in [1.807, 2.05) is 0 Å². The molecule has 0 spiro atoms. The van der Waals surface area contributed by atoms with Gasteiger partial charge in [0, 0.05) is 19.0 Å². The molecule has 0 aliphatic carbocycles. The summed E-state index contributed by atoms with van der Waals surface area (Å²) in [5.74, 6) is -1.50. The standard InChI is InChI=1S/C17H16F5N3O2S/c18-16(19,20)13-2-1-3-15(10-13)28(26,27)17(21,22)12-5-8-25(9-6-12)14-4-7-23-24-11-14/h1-4,7,10-12H,5-6,8-9H2. The first-order chi connectivity index (χ1) is 13.0. The number of aromatic nitrogens is 2. The fourth-order valence-electron chi connectivity index (χ4n) is 3.16. The first-order valence-electron chi connectivity index (χ1n) is 8.35. The third-order valence-electron chi connectivity index (χ3n) is 4.73. The van der Waals surface area contributed by atoms with Gasteiger partial charge in [0.15, 0.2) is 0 Å². The third kappa shape index (κ3) is 3.80. The van der Waals surface area contributed by atoms with E-state index in [9.17, 15) is 30.4 Å². The quantitative estimate of drug-likeness (QED) is 0.704. The molecule has 0 saturated carbocycles. The van der Waals surface area contributed by atoms with E-state index in [4.69, 9.17) is 0 Å². The number of sulfone groups is 1. The van der Waals surface area contributed by atoms with Crippen LogP contribution in [0.3, 0.4) is 0 Å². The van der Waals surface area contributed by atoms with Crippen molar-refractivity contribution in [2.45, 2.75) is 29.2 Å². The van der Waals surface area contributed by atoms with Gasteiger partial charge in [-0.15, -0.1) is 0 Å². The maximum absolute atomic E-state index is 14.8. The van der Waals surface area contributed by atoms with E-state index in [1.165, 1.54) is 12.4 Å². The lowest BCUT2D eigenvalue weighted by Gasteiger charge is -2.36. The van der Waals surface area contributed by atoms with Crippen LogP contribution in [0.25, 0.3) is 0 Å². The summed E-state index contributed by atoms with van der Waals surface area (Å²) in [4.78, 5) is 0.742. The number of rotatable bonds is 4. The summed E-state index contributed by atoms with van der Waals surface area (Å²) in [5.41, 5.74) is -0.609. The monoisotopic (exact) mass is 421 g/mol. The molecule has 28 heavy (non-hydrogen) atoms. The highest BCUT2D eigenvalue weighted by Crippen LogP contribution is 2.42. The molecule has 1 aliphatic heterocycles. The van der Waals surface area contributed by atoms with Gasteiger partial charge in [-0.05, 0) is 37.1 Å². The maximum Gasteiger partial charge on any atom is 0.416 e. The van der Waals surface area contributed by atoms with Crippen LogP contribution in [-0.4, -0.2) is 37.0 Å². The molecule has 11 heteroatoms. The van der Waals surface area contributed by atoms with E-state index in [-0.39, 0.29) is 32.0 Å². The van der Waals surface area contributed by atoms with E-state index in [1.54, 1.807) is 11.0 Å². The van der Waals surface area contributed by atoms with Crippen LogP contribution < -0.4 is 4.90 Å². The van der Waals surface area contributed by atoms with Crippen molar-refractivity contribution in [2.24, 2.45) is 5.92 Å². The zero-order valence-corrected chi connectivity index (χ0v) is 15.2. The molecule has 1 aromatic carbocycles. The molecular weight excluding hydrogens is 405 g/mol. The fourth-order valence-corrected chi connectivity index (χ4v) is 4.69. The molecule has 0 unspecified atom stereocenters. The Morgan fingerprint density at radius 2 is 1.68 bits per heavy atom. The maximum atomic E-state index is 14.8. The van der Waals surface area contributed by atoms with Crippen LogP contribution in [0.2, 0.25) is 0 Å². The molecular formula is C17H16F5N3O2S. The minimum absolute atomic E-state index is 0.131. The Morgan fingerprint density at radius 1 is 1.00 bits per heavy atom. The van der Waals surface area contributed by atoms with Crippen molar-refractivity contribution in [1.82, 2.24) is 10.2 Å². The number of benzene rings is 1. The van der Waals surface area contributed by atoms with Crippen molar-refractivity contribution >= 4 is 15.5 Å². The van der Waals surface area contributed by atoms with Gasteiger partial charge >= 0.3 is 11.4 Å². The smallest absolute Gasteiger partial charge is 0.370 e. The topological polar surface area (TPSA) is 63.2 Å². The molecule has 0 amide bonds. The van der Waals surface area contributed by atoms with Gasteiger partial charge < -0.3 is 4.90 Å². The Morgan fingerprint density at radius 3 is 2.25 bits per heavy atom. The Kier molecular flexibility index (Phi) is 5.30. The molecule has 2 heterocycles. The van der Waals surface area contributed by atoms with Gasteiger partial charge in [-0.3, -0.25) is 0 Å². The Hall–Kier alpha value is -2.30. The Balaban J connectivity index is 1.81. The first kappa shape index (κ1) is 20.4. The molecule has 0 bridgehead atoms. The second-order valence-electron chi connectivity index (χ2n) is 6.45. The number of halogens is 5. The van der Waals surface area contributed by atoms with Crippen LogP contribution in [-0.2, 0) is 16.0 Å². The summed E-state index contributed by atoms with van der Waals surface area (Å²) in [7, 11) is -5.28. The SMILES string of the molecule is O=S(=O)(c1cccc(C(F)(F)F)c1)C(F)(F)C1CCN(c2ccnnc2)CC1. The second kappa shape index (κ2) is 7.26. The number of hydrogen-bond acceptors (Lipinski definition) is 5. The van der Waals surface area contributed by atoms with Gasteiger partial charge in [-0.2, -0.15) is 32.1 Å². The van der Waals surface area contributed by atoms with Gasteiger partial charge in [0.2, 0.25) is 9.84 Å². The van der Waals surface area contributed by atoms with Crippen LogP contribution in [0, 0.1) is 5.92 Å². The second-order valence-corrected chi connectivity index (χ2v) is 8.48. The van der Waals surface area contributed by atoms with Crippen LogP contribution in [0.5, 0.6) is 0 Å². The summed E-state index contributed by atoms with van der Waals surface area (Å²) in [6, 6.07) is 4.12. The van der Waals surface area contributed by atoms with Crippen molar-refractivity contribution in [2.75, 3.05) is 18.0 Å². The molecule has 1 saturated heterocycles. The molecule has 0 radical (unpaired) electrons. The predicted octanol–water partition coefficient (Wildman–Crippen LogP) is 3.78. The van der Waals surface area contributed by atoms with E-state index in [0.717, 1.165) is 12.1 Å². The highest BCUT2D eigenvalue weighted by atomic mass is 32.2. The lowest BCUT2D eigenvalue weighted by Crippen LogP contribution is -2.44. The van der Waals surface area contributed by atoms with Crippen molar-refractivity contribution in [3.63, 3.8) is 0 Å². The van der Waals surface area contributed by atoms with Crippen molar-refractivity contribution in [1.29, 1.82) is 0 Å². The highest BCUT2D eigenvalue weighted by Gasteiger charge is 2.53. The van der Waals surface area contributed by atoms with Gasteiger partial charge in [0.25, 0.3) is 0 Å². The molecule has 1 fully saturated rings. The first-order valence-corrected chi connectivity index (χ1v) is 9.83. The lowest BCUT2D eigenvalue weighted by atomic mass is 9.97. The van der Waals surface area contributed by atoms with Crippen LogP contribution in [0.1, 0.15) is 18.4 Å². The third-order valence-corrected chi connectivity index (χ3v) is 6.66. The number of piperidine rings is 1. The summed E-state index contributed by atoms with van der Waals surface area (Å²) >= 11 is 0. The summed E-state index contributed by atoms with van der Waals surface area (Å²) in [6.45, 7) is 0.341. The largest absolute Gasteiger partial charge is 0.416 e. The predicted molar refractivity (Wildman–Crippen MR) is 90.5 cm³/mol. The number of hydrogen-bond donors (Lipinski definition) is 0. The minimum Gasteiger partial charge on any atom is -0.370 e. The molecule has 0 atom stereocenters. The molecule has 2 aromatic rings. The summed E-state index contributed by atoms with van der Waals surface area (Å²) < 4.78 is 93.0. The lowest BCUT2D eigenvalue weighted by molar-refractivity contribution is -0.137. The number of anilines is 1.